The first kappa shape index (κ1) is 54.9. The number of phosphoric acid groups is 1. The van der Waals surface area contributed by atoms with Crippen LogP contribution in [0.15, 0.2) is 97.2 Å². The van der Waals surface area contributed by atoms with Gasteiger partial charge in [-0.05, 0) is 83.5 Å². The Morgan fingerprint density at radius 2 is 1.05 bits per heavy atom. The lowest BCUT2D eigenvalue weighted by Crippen LogP contribution is -2.37. The Morgan fingerprint density at radius 1 is 0.569 bits per heavy atom. The van der Waals surface area contributed by atoms with Crippen LogP contribution in [0.25, 0.3) is 0 Å². The lowest BCUT2D eigenvalue weighted by atomic mass is 10.1. The minimum atomic E-state index is -4.40. The highest BCUT2D eigenvalue weighted by Crippen LogP contribution is 2.43. The molecule has 0 rings (SSSR count). The highest BCUT2D eigenvalue weighted by Gasteiger charge is 2.27. The zero-order valence-electron chi connectivity index (χ0n) is 37.0. The fraction of sp³-hybridized carbons (Fsp3) is 0.625. The highest BCUT2D eigenvalue weighted by molar-refractivity contribution is 7.47. The van der Waals surface area contributed by atoms with Gasteiger partial charge in [-0.3, -0.25) is 18.6 Å². The summed E-state index contributed by atoms with van der Waals surface area (Å²) < 4.78 is 34.2. The topological polar surface area (TPSA) is 108 Å². The van der Waals surface area contributed by atoms with Gasteiger partial charge < -0.3 is 18.9 Å². The third-order valence-corrected chi connectivity index (χ3v) is 9.64. The summed E-state index contributed by atoms with van der Waals surface area (Å²) in [5.74, 6) is -0.884. The minimum absolute atomic E-state index is 0.0143. The molecule has 0 fully saturated rings. The van der Waals surface area contributed by atoms with Gasteiger partial charge >= 0.3 is 19.8 Å². The van der Waals surface area contributed by atoms with Gasteiger partial charge in [0, 0.05) is 12.8 Å². The second-order valence-electron chi connectivity index (χ2n) is 15.4. The molecule has 0 saturated carbocycles. The van der Waals surface area contributed by atoms with Crippen molar-refractivity contribution >= 4 is 19.8 Å². The molecule has 0 radical (unpaired) electrons. The van der Waals surface area contributed by atoms with E-state index in [2.05, 4.69) is 92.8 Å². The molecule has 58 heavy (non-hydrogen) atoms. The van der Waals surface area contributed by atoms with Gasteiger partial charge in [0.15, 0.2) is 6.10 Å². The fourth-order valence-electron chi connectivity index (χ4n) is 5.21. The Hall–Kier alpha value is -3.07. The Bertz CT molecular complexity index is 1300. The van der Waals surface area contributed by atoms with Crippen molar-refractivity contribution in [2.24, 2.45) is 0 Å². The van der Waals surface area contributed by atoms with Crippen molar-refractivity contribution in [1.82, 2.24) is 0 Å². The maximum absolute atomic E-state index is 12.7. The molecule has 9 nitrogen and oxygen atoms in total. The summed E-state index contributed by atoms with van der Waals surface area (Å²) in [5.41, 5.74) is 0. The van der Waals surface area contributed by atoms with E-state index in [1.54, 1.807) is 0 Å². The molecule has 10 heteroatoms. The summed E-state index contributed by atoms with van der Waals surface area (Å²) in [4.78, 5) is 35.3. The standard InChI is InChI=1S/C48H80NO8P/c1-6-8-10-12-14-16-18-20-21-22-23-24-25-26-27-29-30-32-34-36-38-40-47(50)54-44-46(45-56-58(52,53)55-43-42-49(3,4)5)57-48(51)41-39-37-35-33-31-28-19-17-15-13-11-9-7-2/h9,11,13-17,19-21,23-24,26-27,30,32,46H,6-8,10,12,18,22,25,28-29,31,33-45H2,1-5H3/p+1/b11-9+,15-13+,16-14+,19-17+,21-20+,24-23+,27-26+,32-30+. The van der Waals surface area contributed by atoms with E-state index in [9.17, 15) is 19.0 Å². The number of esters is 2. The van der Waals surface area contributed by atoms with E-state index in [0.717, 1.165) is 77.0 Å². The number of likely N-dealkylation sites (N-methyl/N-ethyl adjacent to an activating group) is 1. The van der Waals surface area contributed by atoms with Crippen LogP contribution in [-0.2, 0) is 32.7 Å². The molecule has 0 aliphatic carbocycles. The Labute approximate surface area is 353 Å². The summed E-state index contributed by atoms with van der Waals surface area (Å²) in [7, 11) is 1.42. The van der Waals surface area contributed by atoms with Gasteiger partial charge in [0.05, 0.1) is 27.7 Å². The SMILES string of the molecule is CC/C=C/C=C/C=C/CCCCCCCC(=O)OC(COC(=O)CCCC/C=C/C/C=C/C/C=C/C/C=C/C/C=C/CCCCC)COP(=O)(O)OCC[N+](C)(C)C. The number of carbonyl (C=O) groups is 2. The normalized spacial score (nSPS) is 14.5. The molecule has 2 unspecified atom stereocenters. The average Bonchev–Trinajstić information content (AvgIpc) is 3.17. The van der Waals surface area contributed by atoms with E-state index >= 15 is 0 Å². The molecule has 0 aromatic heterocycles. The zero-order valence-corrected chi connectivity index (χ0v) is 37.9. The van der Waals surface area contributed by atoms with Crippen LogP contribution in [0.5, 0.6) is 0 Å². The molecule has 0 spiro atoms. The quantitative estimate of drug-likeness (QED) is 0.0164. The van der Waals surface area contributed by atoms with Crippen LogP contribution < -0.4 is 0 Å². The number of nitrogens with zero attached hydrogens (tertiary/aromatic N) is 1. The van der Waals surface area contributed by atoms with Gasteiger partial charge in [0.25, 0.3) is 0 Å². The van der Waals surface area contributed by atoms with Crippen LogP contribution in [0.1, 0.15) is 142 Å². The maximum atomic E-state index is 12.7. The number of hydrogen-bond donors (Lipinski definition) is 1. The number of unbranched alkanes of at least 4 members (excludes halogenated alkanes) is 10. The van der Waals surface area contributed by atoms with Crippen LogP contribution in [0.4, 0.5) is 0 Å². The monoisotopic (exact) mass is 831 g/mol. The van der Waals surface area contributed by atoms with Crippen molar-refractivity contribution in [3.63, 3.8) is 0 Å². The predicted molar refractivity (Wildman–Crippen MR) is 242 cm³/mol. The third kappa shape index (κ3) is 42.5. The fourth-order valence-corrected chi connectivity index (χ4v) is 5.95. The van der Waals surface area contributed by atoms with E-state index in [4.69, 9.17) is 18.5 Å². The number of carbonyl (C=O) groups excluding carboxylic acids is 2. The van der Waals surface area contributed by atoms with Gasteiger partial charge in [-0.15, -0.1) is 0 Å². The molecule has 0 aromatic rings. The summed E-state index contributed by atoms with van der Waals surface area (Å²) >= 11 is 0. The summed E-state index contributed by atoms with van der Waals surface area (Å²) in [6.45, 7) is 4.15. The van der Waals surface area contributed by atoms with Crippen molar-refractivity contribution in [2.75, 3.05) is 47.5 Å². The van der Waals surface area contributed by atoms with E-state index < -0.39 is 32.5 Å². The van der Waals surface area contributed by atoms with Gasteiger partial charge in [0.2, 0.25) is 0 Å². The van der Waals surface area contributed by atoms with E-state index in [-0.39, 0.29) is 26.1 Å². The van der Waals surface area contributed by atoms with Crippen LogP contribution in [0.3, 0.4) is 0 Å². The van der Waals surface area contributed by atoms with Crippen molar-refractivity contribution in [1.29, 1.82) is 0 Å². The van der Waals surface area contributed by atoms with Gasteiger partial charge in [-0.25, -0.2) is 4.57 Å². The van der Waals surface area contributed by atoms with Crippen LogP contribution in [0, 0.1) is 0 Å². The number of allylic oxidation sites excluding steroid dienone is 16. The first-order valence-corrected chi connectivity index (χ1v) is 23.5. The van der Waals surface area contributed by atoms with Gasteiger partial charge in [0.1, 0.15) is 19.8 Å². The molecule has 0 aliphatic rings. The van der Waals surface area contributed by atoms with Crippen molar-refractivity contribution < 1.29 is 42.1 Å². The smallest absolute Gasteiger partial charge is 0.462 e. The van der Waals surface area contributed by atoms with Crippen molar-refractivity contribution in [3.05, 3.63) is 97.2 Å². The molecular weight excluding hydrogens is 750 g/mol. The highest BCUT2D eigenvalue weighted by atomic mass is 31.2. The summed E-state index contributed by atoms with van der Waals surface area (Å²) in [6.07, 6.45) is 51.8. The van der Waals surface area contributed by atoms with Crippen molar-refractivity contribution in [2.45, 2.75) is 148 Å². The van der Waals surface area contributed by atoms with E-state index in [1.165, 1.54) is 25.7 Å². The summed E-state index contributed by atoms with van der Waals surface area (Å²) in [6, 6.07) is 0. The second-order valence-corrected chi connectivity index (χ2v) is 16.9. The van der Waals surface area contributed by atoms with Gasteiger partial charge in [-0.1, -0.05) is 143 Å². The van der Waals surface area contributed by atoms with Crippen LogP contribution in [0.2, 0.25) is 0 Å². The number of hydrogen-bond acceptors (Lipinski definition) is 7. The number of ether oxygens (including phenoxy) is 2. The lowest BCUT2D eigenvalue weighted by molar-refractivity contribution is -0.870. The number of phosphoric ester groups is 1. The van der Waals surface area contributed by atoms with Gasteiger partial charge in [-0.2, -0.15) is 0 Å². The molecule has 0 aromatic carbocycles. The largest absolute Gasteiger partial charge is 0.472 e. The minimum Gasteiger partial charge on any atom is -0.462 e. The Morgan fingerprint density at radius 3 is 1.64 bits per heavy atom. The first-order valence-electron chi connectivity index (χ1n) is 22.0. The van der Waals surface area contributed by atoms with E-state index in [0.29, 0.717) is 23.9 Å². The molecule has 330 valence electrons. The van der Waals surface area contributed by atoms with Crippen LogP contribution in [-0.4, -0.2) is 74.9 Å². The van der Waals surface area contributed by atoms with Crippen molar-refractivity contribution in [3.8, 4) is 0 Å². The second kappa shape index (κ2) is 39.4. The molecule has 0 amide bonds. The molecule has 1 N–H and O–H groups in total. The first-order chi connectivity index (χ1) is 28.0. The summed E-state index contributed by atoms with van der Waals surface area (Å²) in [5, 5.41) is 0. The average molecular weight is 831 g/mol. The molecule has 2 atom stereocenters. The van der Waals surface area contributed by atoms with E-state index in [1.807, 2.05) is 39.4 Å². The maximum Gasteiger partial charge on any atom is 0.472 e. The zero-order chi connectivity index (χ0) is 42.8. The van der Waals surface area contributed by atoms with Crippen LogP contribution >= 0.6 is 7.82 Å². The number of quaternary nitrogens is 1. The number of rotatable bonds is 38. The molecule has 0 bridgehead atoms. The molecular formula is C48H81NO8P+. The molecule has 0 heterocycles. The molecule has 0 aliphatic heterocycles. The lowest BCUT2D eigenvalue weighted by Gasteiger charge is -2.24. The molecule has 0 saturated heterocycles. The Balaban J connectivity index is 4.47. The predicted octanol–water partition coefficient (Wildman–Crippen LogP) is 12.6. The Kier molecular flexibility index (Phi) is 37.3. The third-order valence-electron chi connectivity index (χ3n) is 8.66.